The predicted octanol–water partition coefficient (Wildman–Crippen LogP) is 3.93. The summed E-state index contributed by atoms with van der Waals surface area (Å²) in [6.45, 7) is 2.81. The molecule has 0 bridgehead atoms. The van der Waals surface area contributed by atoms with E-state index in [-0.39, 0.29) is 6.04 Å². The summed E-state index contributed by atoms with van der Waals surface area (Å²) in [5, 5.41) is 0. The van der Waals surface area contributed by atoms with Crippen LogP contribution in [0.3, 0.4) is 0 Å². The molecule has 4 nitrogen and oxygen atoms in total. The molecule has 0 N–H and O–H groups in total. The number of rotatable bonds is 5. The Balaban J connectivity index is 1.70. The average molecular weight is 293 g/mol. The molecule has 22 heavy (non-hydrogen) atoms. The van der Waals surface area contributed by atoms with E-state index in [1.807, 2.05) is 42.6 Å². The molecule has 0 spiro atoms. The zero-order valence-corrected chi connectivity index (χ0v) is 12.8. The molecule has 1 aromatic carbocycles. The molecular weight excluding hydrogens is 274 g/mol. The molecule has 4 heteroatoms. The van der Waals surface area contributed by atoms with Crippen molar-refractivity contribution < 1.29 is 4.42 Å². The third kappa shape index (κ3) is 3.23. The van der Waals surface area contributed by atoms with Crippen LogP contribution in [-0.4, -0.2) is 21.9 Å². The Morgan fingerprint density at radius 2 is 1.91 bits per heavy atom. The van der Waals surface area contributed by atoms with Gasteiger partial charge in [-0.1, -0.05) is 36.4 Å². The minimum atomic E-state index is 0.251. The van der Waals surface area contributed by atoms with Crippen LogP contribution >= 0.6 is 0 Å². The van der Waals surface area contributed by atoms with Gasteiger partial charge in [-0.15, -0.1) is 0 Å². The van der Waals surface area contributed by atoms with Crippen LogP contribution in [0.4, 0.5) is 0 Å². The second kappa shape index (κ2) is 6.54. The van der Waals surface area contributed by atoms with Gasteiger partial charge in [0.25, 0.3) is 0 Å². The van der Waals surface area contributed by atoms with Crippen LogP contribution in [0.5, 0.6) is 0 Å². The molecule has 0 saturated carbocycles. The molecule has 0 fully saturated rings. The van der Waals surface area contributed by atoms with Gasteiger partial charge in [-0.25, -0.2) is 4.98 Å². The summed E-state index contributed by atoms with van der Waals surface area (Å²) >= 11 is 0. The maximum Gasteiger partial charge on any atom is 0.209 e. The van der Waals surface area contributed by atoms with E-state index in [9.17, 15) is 0 Å². The minimum Gasteiger partial charge on any atom is -0.439 e. The number of hydrogen-bond acceptors (Lipinski definition) is 4. The molecule has 3 aromatic rings. The first kappa shape index (κ1) is 14.5. The topological polar surface area (TPSA) is 42.2 Å². The maximum absolute atomic E-state index is 5.86. The zero-order valence-electron chi connectivity index (χ0n) is 12.8. The summed E-state index contributed by atoms with van der Waals surface area (Å²) in [6.07, 6.45) is 5.47. The predicted molar refractivity (Wildman–Crippen MR) is 86.1 cm³/mol. The lowest BCUT2D eigenvalue weighted by molar-refractivity contribution is 0.228. The third-order valence-corrected chi connectivity index (χ3v) is 3.82. The van der Waals surface area contributed by atoms with E-state index in [1.165, 1.54) is 5.56 Å². The van der Waals surface area contributed by atoms with Gasteiger partial charge in [0.15, 0.2) is 5.76 Å². The zero-order chi connectivity index (χ0) is 15.4. The van der Waals surface area contributed by atoms with Crippen molar-refractivity contribution in [3.63, 3.8) is 0 Å². The summed E-state index contributed by atoms with van der Waals surface area (Å²) < 4.78 is 5.86. The number of nitrogens with zero attached hydrogens (tertiary/aromatic N) is 3. The van der Waals surface area contributed by atoms with Crippen LogP contribution < -0.4 is 0 Å². The van der Waals surface area contributed by atoms with E-state index in [1.54, 1.807) is 12.4 Å². The van der Waals surface area contributed by atoms with Crippen LogP contribution in [0.2, 0.25) is 0 Å². The quantitative estimate of drug-likeness (QED) is 0.715. The van der Waals surface area contributed by atoms with Crippen LogP contribution in [0, 0.1) is 0 Å². The summed E-state index contributed by atoms with van der Waals surface area (Å²) in [5.41, 5.74) is 2.23. The van der Waals surface area contributed by atoms with Gasteiger partial charge in [0.2, 0.25) is 5.89 Å². The number of aromatic nitrogens is 2. The van der Waals surface area contributed by atoms with Gasteiger partial charge >= 0.3 is 0 Å². The maximum atomic E-state index is 5.86. The highest BCUT2D eigenvalue weighted by Gasteiger charge is 2.15. The Hall–Kier alpha value is -2.46. The van der Waals surface area contributed by atoms with Gasteiger partial charge in [-0.2, -0.15) is 0 Å². The second-order valence-electron chi connectivity index (χ2n) is 5.36. The van der Waals surface area contributed by atoms with Gasteiger partial charge in [-0.05, 0) is 25.6 Å². The van der Waals surface area contributed by atoms with Crippen molar-refractivity contribution in [2.75, 3.05) is 7.05 Å². The molecule has 0 aliphatic carbocycles. The fourth-order valence-corrected chi connectivity index (χ4v) is 2.35. The van der Waals surface area contributed by atoms with Crippen molar-refractivity contribution in [3.05, 3.63) is 72.5 Å². The Bertz CT molecular complexity index is 709. The van der Waals surface area contributed by atoms with Crippen LogP contribution in [-0.2, 0) is 6.54 Å². The smallest absolute Gasteiger partial charge is 0.209 e. The molecule has 1 atom stereocenters. The normalized spacial score (nSPS) is 12.5. The van der Waals surface area contributed by atoms with Crippen molar-refractivity contribution in [2.24, 2.45) is 0 Å². The molecule has 2 heterocycles. The standard InChI is InChI=1S/C18H19N3O/c1-14(16-9-6-10-19-11-16)21(2)13-18-20-12-17(22-18)15-7-4-3-5-8-15/h3-12,14H,13H2,1-2H3/t14-/m1/s1. The molecule has 112 valence electrons. The second-order valence-corrected chi connectivity index (χ2v) is 5.36. The molecular formula is C18H19N3O. The summed E-state index contributed by atoms with van der Waals surface area (Å²) in [5.74, 6) is 1.52. The fraction of sp³-hybridized carbons (Fsp3) is 0.222. The van der Waals surface area contributed by atoms with Crippen LogP contribution in [0.25, 0.3) is 11.3 Å². The monoisotopic (exact) mass is 293 g/mol. The lowest BCUT2D eigenvalue weighted by atomic mass is 10.1. The number of pyridine rings is 1. The van der Waals surface area contributed by atoms with E-state index in [0.717, 1.165) is 17.2 Å². The van der Waals surface area contributed by atoms with Crippen molar-refractivity contribution >= 4 is 0 Å². The van der Waals surface area contributed by atoms with Crippen LogP contribution in [0.15, 0.2) is 65.5 Å². The lowest BCUT2D eigenvalue weighted by Crippen LogP contribution is -2.22. The molecule has 0 amide bonds. The molecule has 0 radical (unpaired) electrons. The number of benzene rings is 1. The van der Waals surface area contributed by atoms with E-state index < -0.39 is 0 Å². The first-order valence-electron chi connectivity index (χ1n) is 7.34. The van der Waals surface area contributed by atoms with Gasteiger partial charge < -0.3 is 4.42 Å². The molecule has 2 aromatic heterocycles. The van der Waals surface area contributed by atoms with E-state index in [2.05, 4.69) is 34.9 Å². The molecule has 0 saturated heterocycles. The average Bonchev–Trinajstić information content (AvgIpc) is 3.04. The number of oxazole rings is 1. The molecule has 0 unspecified atom stereocenters. The Labute approximate surface area is 130 Å². The molecule has 0 aliphatic heterocycles. The van der Waals surface area contributed by atoms with Gasteiger partial charge in [0, 0.05) is 24.0 Å². The van der Waals surface area contributed by atoms with Gasteiger partial charge in [-0.3, -0.25) is 9.88 Å². The Morgan fingerprint density at radius 3 is 2.64 bits per heavy atom. The van der Waals surface area contributed by atoms with E-state index in [0.29, 0.717) is 6.54 Å². The minimum absolute atomic E-state index is 0.251. The van der Waals surface area contributed by atoms with Crippen LogP contribution in [0.1, 0.15) is 24.4 Å². The van der Waals surface area contributed by atoms with Crippen molar-refractivity contribution in [1.82, 2.24) is 14.9 Å². The highest BCUT2D eigenvalue weighted by molar-refractivity contribution is 5.55. The van der Waals surface area contributed by atoms with Gasteiger partial charge in [0.1, 0.15) is 0 Å². The first-order chi connectivity index (χ1) is 10.7. The number of hydrogen-bond donors (Lipinski definition) is 0. The SMILES string of the molecule is C[C@H](c1cccnc1)N(C)Cc1ncc(-c2ccccc2)o1. The highest BCUT2D eigenvalue weighted by atomic mass is 16.4. The first-order valence-corrected chi connectivity index (χ1v) is 7.34. The van der Waals surface area contributed by atoms with E-state index >= 15 is 0 Å². The highest BCUT2D eigenvalue weighted by Crippen LogP contribution is 2.23. The molecule has 3 rings (SSSR count). The Morgan fingerprint density at radius 1 is 1.09 bits per heavy atom. The summed E-state index contributed by atoms with van der Waals surface area (Å²) in [6, 6.07) is 14.3. The van der Waals surface area contributed by atoms with E-state index in [4.69, 9.17) is 4.42 Å². The fourth-order valence-electron chi connectivity index (χ4n) is 2.35. The van der Waals surface area contributed by atoms with Crippen molar-refractivity contribution in [1.29, 1.82) is 0 Å². The molecule has 0 aliphatic rings. The Kier molecular flexibility index (Phi) is 4.30. The van der Waals surface area contributed by atoms with Crippen molar-refractivity contribution in [2.45, 2.75) is 19.5 Å². The third-order valence-electron chi connectivity index (χ3n) is 3.82. The summed E-state index contributed by atoms with van der Waals surface area (Å²) in [4.78, 5) is 10.7. The summed E-state index contributed by atoms with van der Waals surface area (Å²) in [7, 11) is 2.06. The van der Waals surface area contributed by atoms with Crippen molar-refractivity contribution in [3.8, 4) is 11.3 Å². The largest absolute Gasteiger partial charge is 0.439 e. The van der Waals surface area contributed by atoms with Gasteiger partial charge in [0.05, 0.1) is 12.7 Å². The lowest BCUT2D eigenvalue weighted by Gasteiger charge is -2.23.